The molecule has 0 fully saturated rings. The smallest absolute Gasteiger partial charge is 0.248 e. The summed E-state index contributed by atoms with van der Waals surface area (Å²) >= 11 is 0. The second-order valence-corrected chi connectivity index (χ2v) is 9.97. The predicted molar refractivity (Wildman–Crippen MR) is 165 cm³/mol. The summed E-state index contributed by atoms with van der Waals surface area (Å²) in [4.78, 5) is 4.60. The second kappa shape index (κ2) is 16.2. The van der Waals surface area contributed by atoms with Crippen LogP contribution in [-0.4, -0.2) is 36.7 Å². The third-order valence-electron chi connectivity index (χ3n) is 6.71. The van der Waals surface area contributed by atoms with E-state index in [0.29, 0.717) is 24.1 Å². The normalized spacial score (nSPS) is 11.2. The van der Waals surface area contributed by atoms with Crippen molar-refractivity contribution in [2.24, 2.45) is 4.99 Å². The number of hydrogen-bond donors (Lipinski definition) is 0. The highest BCUT2D eigenvalue weighted by atomic mass is 16.5. The predicted octanol–water partition coefficient (Wildman–Crippen LogP) is 9.08. The van der Waals surface area contributed by atoms with E-state index in [1.165, 1.54) is 32.1 Å². The third-order valence-corrected chi connectivity index (χ3v) is 6.71. The highest BCUT2D eigenvalue weighted by Gasteiger charge is 2.11. The average Bonchev–Trinajstić information content (AvgIpc) is 3.51. The molecule has 0 bridgehead atoms. The minimum Gasteiger partial charge on any atom is -0.494 e. The summed E-state index contributed by atoms with van der Waals surface area (Å²) in [5.74, 6) is 3.23. The second-order valence-electron chi connectivity index (χ2n) is 9.97. The van der Waals surface area contributed by atoms with Crippen LogP contribution in [0.3, 0.4) is 0 Å². The Morgan fingerprint density at radius 2 is 1.32 bits per heavy atom. The van der Waals surface area contributed by atoms with Crippen LogP contribution in [0.1, 0.15) is 70.8 Å². The van der Waals surface area contributed by atoms with E-state index in [4.69, 9.17) is 18.6 Å². The van der Waals surface area contributed by atoms with Crippen LogP contribution in [0.2, 0.25) is 0 Å². The molecule has 3 aromatic carbocycles. The molecule has 216 valence electrons. The number of aromatic nitrogens is 2. The van der Waals surface area contributed by atoms with E-state index in [9.17, 15) is 0 Å². The minimum atomic E-state index is 0.460. The van der Waals surface area contributed by atoms with E-state index >= 15 is 0 Å². The van der Waals surface area contributed by atoms with Gasteiger partial charge < -0.3 is 18.6 Å². The number of aliphatic imine (C=N–C) groups is 1. The molecule has 41 heavy (non-hydrogen) atoms. The molecule has 0 atom stereocenters. The molecule has 4 aromatic rings. The van der Waals surface area contributed by atoms with Gasteiger partial charge in [-0.25, -0.2) is 0 Å². The van der Waals surface area contributed by atoms with Gasteiger partial charge in [-0.1, -0.05) is 52.4 Å². The lowest BCUT2D eigenvalue weighted by molar-refractivity contribution is 0.288. The maximum atomic E-state index is 5.95. The lowest BCUT2D eigenvalue weighted by Gasteiger charge is -2.10. The number of methoxy groups -OCH3 is 1. The summed E-state index contributed by atoms with van der Waals surface area (Å²) in [7, 11) is 1.64. The Bertz CT molecular complexity index is 1350. The van der Waals surface area contributed by atoms with Gasteiger partial charge in [-0.3, -0.25) is 4.99 Å². The van der Waals surface area contributed by atoms with Crippen molar-refractivity contribution in [2.75, 3.05) is 20.3 Å². The molecule has 0 N–H and O–H groups in total. The molecule has 0 saturated heterocycles. The lowest BCUT2D eigenvalue weighted by Crippen LogP contribution is -1.99. The summed E-state index contributed by atoms with van der Waals surface area (Å²) in [5, 5.41) is 8.48. The average molecular weight is 556 g/mol. The van der Waals surface area contributed by atoms with E-state index in [1.807, 2.05) is 66.7 Å². The van der Waals surface area contributed by atoms with Crippen molar-refractivity contribution in [2.45, 2.75) is 65.2 Å². The third kappa shape index (κ3) is 9.20. The number of unbranched alkanes of at least 4 members (excludes halogenated alkanes) is 6. The van der Waals surface area contributed by atoms with E-state index in [2.05, 4.69) is 29.0 Å². The maximum absolute atomic E-state index is 5.95. The monoisotopic (exact) mass is 555 g/mol. The number of ether oxygens (including phenoxy) is 3. The fourth-order valence-corrected chi connectivity index (χ4v) is 4.27. The van der Waals surface area contributed by atoms with Gasteiger partial charge in [0.25, 0.3) is 0 Å². The maximum Gasteiger partial charge on any atom is 0.248 e. The molecule has 0 aliphatic heterocycles. The Balaban J connectivity index is 1.30. The van der Waals surface area contributed by atoms with Crippen LogP contribution in [0.5, 0.6) is 17.2 Å². The number of rotatable bonds is 17. The molecular formula is C34H41N3O4. The topological polar surface area (TPSA) is 79.0 Å². The molecule has 1 aromatic heterocycles. The first-order valence-corrected chi connectivity index (χ1v) is 14.7. The summed E-state index contributed by atoms with van der Waals surface area (Å²) < 4.78 is 23.1. The fourth-order valence-electron chi connectivity index (χ4n) is 4.27. The summed E-state index contributed by atoms with van der Waals surface area (Å²) in [5.41, 5.74) is 3.42. The van der Waals surface area contributed by atoms with Crippen molar-refractivity contribution in [3.8, 4) is 40.2 Å². The first-order chi connectivity index (χ1) is 20.2. The van der Waals surface area contributed by atoms with Crippen molar-refractivity contribution >= 4 is 11.9 Å². The van der Waals surface area contributed by atoms with Gasteiger partial charge in [0.1, 0.15) is 5.75 Å². The van der Waals surface area contributed by atoms with Gasteiger partial charge in [0.05, 0.1) is 26.0 Å². The molecule has 0 unspecified atom stereocenters. The molecule has 0 radical (unpaired) electrons. The van der Waals surface area contributed by atoms with Crippen LogP contribution in [0, 0.1) is 0 Å². The standard InChI is InChI=1S/C34H41N3O4/c1-4-6-8-9-10-11-23-39-30-19-15-28(16-20-30)34-37-36-33(41-34)27-13-17-29(18-14-27)35-25-26-12-21-31(32(24-26)38-3)40-22-7-5-2/h12-21,24-25H,4-11,22-23H2,1-3H3. The van der Waals surface area contributed by atoms with Crippen molar-refractivity contribution in [1.82, 2.24) is 10.2 Å². The van der Waals surface area contributed by atoms with E-state index in [-0.39, 0.29) is 0 Å². The number of nitrogens with zero attached hydrogens (tertiary/aromatic N) is 3. The van der Waals surface area contributed by atoms with Gasteiger partial charge in [0, 0.05) is 17.3 Å². The van der Waals surface area contributed by atoms with Crippen molar-refractivity contribution in [1.29, 1.82) is 0 Å². The van der Waals surface area contributed by atoms with Crippen LogP contribution >= 0.6 is 0 Å². The minimum absolute atomic E-state index is 0.460. The largest absolute Gasteiger partial charge is 0.494 e. The molecule has 0 aliphatic rings. The highest BCUT2D eigenvalue weighted by molar-refractivity contribution is 5.83. The molecule has 0 amide bonds. The zero-order valence-electron chi connectivity index (χ0n) is 24.5. The Morgan fingerprint density at radius 3 is 2.00 bits per heavy atom. The Morgan fingerprint density at radius 1 is 0.683 bits per heavy atom. The van der Waals surface area contributed by atoms with Crippen molar-refractivity contribution < 1.29 is 18.6 Å². The molecule has 7 nitrogen and oxygen atoms in total. The molecular weight excluding hydrogens is 514 g/mol. The summed E-state index contributed by atoms with van der Waals surface area (Å²) in [6.07, 6.45) is 11.4. The zero-order valence-corrected chi connectivity index (χ0v) is 24.5. The van der Waals surface area contributed by atoms with Gasteiger partial charge in [-0.2, -0.15) is 0 Å². The van der Waals surface area contributed by atoms with Crippen LogP contribution in [0.4, 0.5) is 5.69 Å². The quantitative estimate of drug-likeness (QED) is 0.0955. The first kappa shape index (κ1) is 29.8. The van der Waals surface area contributed by atoms with E-state index in [0.717, 1.165) is 59.7 Å². The molecule has 0 spiro atoms. The molecule has 1 heterocycles. The van der Waals surface area contributed by atoms with Gasteiger partial charge in [-0.05, 0) is 85.1 Å². The lowest BCUT2D eigenvalue weighted by atomic mass is 10.1. The molecule has 0 aliphatic carbocycles. The van der Waals surface area contributed by atoms with Crippen LogP contribution in [0.25, 0.3) is 22.9 Å². The van der Waals surface area contributed by atoms with E-state index < -0.39 is 0 Å². The molecule has 0 saturated carbocycles. The Kier molecular flexibility index (Phi) is 11.8. The molecule has 4 rings (SSSR count). The molecule has 7 heteroatoms. The fraction of sp³-hybridized carbons (Fsp3) is 0.382. The number of benzene rings is 3. The van der Waals surface area contributed by atoms with Crippen molar-refractivity contribution in [3.63, 3.8) is 0 Å². The number of hydrogen-bond acceptors (Lipinski definition) is 7. The Hall–Kier alpha value is -4.13. The van der Waals surface area contributed by atoms with Crippen molar-refractivity contribution in [3.05, 3.63) is 72.3 Å². The van der Waals surface area contributed by atoms with Gasteiger partial charge >= 0.3 is 0 Å². The summed E-state index contributed by atoms with van der Waals surface area (Å²) in [6.45, 7) is 5.79. The van der Waals surface area contributed by atoms with E-state index in [1.54, 1.807) is 13.3 Å². The van der Waals surface area contributed by atoms with Gasteiger partial charge in [0.2, 0.25) is 11.8 Å². The van der Waals surface area contributed by atoms with Gasteiger partial charge in [-0.15, -0.1) is 10.2 Å². The SMILES string of the molecule is CCCCCCCCOc1ccc(-c2nnc(-c3ccc(N=Cc4ccc(OCCCC)c(OC)c4)cc3)o2)cc1. The van der Waals surface area contributed by atoms with Crippen LogP contribution in [-0.2, 0) is 0 Å². The highest BCUT2D eigenvalue weighted by Crippen LogP contribution is 2.29. The first-order valence-electron chi connectivity index (χ1n) is 14.7. The van der Waals surface area contributed by atoms with Crippen LogP contribution < -0.4 is 14.2 Å². The summed E-state index contributed by atoms with van der Waals surface area (Å²) in [6, 6.07) is 21.3. The van der Waals surface area contributed by atoms with Crippen LogP contribution in [0.15, 0.2) is 76.1 Å². The Labute approximate surface area is 243 Å². The zero-order chi connectivity index (χ0) is 28.7. The van der Waals surface area contributed by atoms with Gasteiger partial charge in [0.15, 0.2) is 11.5 Å².